The highest BCUT2D eigenvalue weighted by atomic mass is 19.1. The maximum atomic E-state index is 13.7. The number of hydrogen-bond acceptors (Lipinski definition) is 4. The van der Waals surface area contributed by atoms with Crippen LogP contribution in [0.15, 0.2) is 41.3 Å². The molecule has 0 fully saturated rings. The van der Waals surface area contributed by atoms with E-state index in [4.69, 9.17) is 10.0 Å². The summed E-state index contributed by atoms with van der Waals surface area (Å²) in [5.41, 5.74) is -0.0204. The van der Waals surface area contributed by atoms with E-state index in [9.17, 15) is 9.18 Å². The molecule has 0 atom stereocenters. The van der Waals surface area contributed by atoms with Crippen molar-refractivity contribution in [1.82, 2.24) is 9.78 Å². The molecule has 0 bridgehead atoms. The Morgan fingerprint density at radius 3 is 2.72 bits per heavy atom. The predicted molar refractivity (Wildman–Crippen MR) is 63.8 cm³/mol. The average molecular weight is 248 g/mol. The molecule has 0 unspecified atom stereocenters. The van der Waals surface area contributed by atoms with Crippen LogP contribution in [0, 0.1) is 5.82 Å². The van der Waals surface area contributed by atoms with Gasteiger partial charge in [-0.15, -0.1) is 0 Å². The van der Waals surface area contributed by atoms with Crippen LogP contribution in [0.25, 0.3) is 0 Å². The largest absolute Gasteiger partial charge is 0.488 e. The summed E-state index contributed by atoms with van der Waals surface area (Å²) in [5, 5.41) is 21.6. The smallest absolute Gasteiger partial charge is 0.423 e. The molecule has 5 nitrogen and oxygen atoms in total. The average Bonchev–Trinajstić information content (AvgIpc) is 2.34. The van der Waals surface area contributed by atoms with Crippen LogP contribution in [-0.4, -0.2) is 26.9 Å². The van der Waals surface area contributed by atoms with Crippen LogP contribution in [0.2, 0.25) is 0 Å². The summed E-state index contributed by atoms with van der Waals surface area (Å²) >= 11 is 0. The quantitative estimate of drug-likeness (QED) is 0.691. The van der Waals surface area contributed by atoms with E-state index in [0.717, 1.165) is 10.7 Å². The molecule has 1 heterocycles. The van der Waals surface area contributed by atoms with Gasteiger partial charge in [-0.3, -0.25) is 4.79 Å². The van der Waals surface area contributed by atoms with Crippen molar-refractivity contribution in [2.24, 2.45) is 0 Å². The van der Waals surface area contributed by atoms with Crippen LogP contribution in [0.5, 0.6) is 0 Å². The molecule has 0 radical (unpaired) electrons. The fourth-order valence-electron chi connectivity index (χ4n) is 1.52. The second kappa shape index (κ2) is 5.11. The van der Waals surface area contributed by atoms with Gasteiger partial charge in [-0.1, -0.05) is 12.1 Å². The van der Waals surface area contributed by atoms with Gasteiger partial charge in [0.15, 0.2) is 0 Å². The molecule has 0 aliphatic heterocycles. The van der Waals surface area contributed by atoms with Gasteiger partial charge in [-0.2, -0.15) is 5.10 Å². The Balaban J connectivity index is 2.31. The highest BCUT2D eigenvalue weighted by molar-refractivity contribution is 6.58. The van der Waals surface area contributed by atoms with Crippen molar-refractivity contribution in [2.45, 2.75) is 6.54 Å². The molecule has 0 amide bonds. The number of hydrogen-bond donors (Lipinski definition) is 2. The molecule has 0 spiro atoms. The lowest BCUT2D eigenvalue weighted by Gasteiger charge is -2.07. The molecule has 0 saturated heterocycles. The zero-order valence-corrected chi connectivity index (χ0v) is 9.32. The first-order valence-corrected chi connectivity index (χ1v) is 5.24. The van der Waals surface area contributed by atoms with Gasteiger partial charge in [-0.05, 0) is 17.6 Å². The lowest BCUT2D eigenvalue weighted by molar-refractivity contribution is 0.425. The predicted octanol–water partition coefficient (Wildman–Crippen LogP) is -0.889. The van der Waals surface area contributed by atoms with Crippen molar-refractivity contribution in [1.29, 1.82) is 0 Å². The third-order valence-corrected chi connectivity index (χ3v) is 2.48. The fourth-order valence-corrected chi connectivity index (χ4v) is 1.52. The molecule has 0 saturated carbocycles. The van der Waals surface area contributed by atoms with Gasteiger partial charge in [0.05, 0.1) is 6.54 Å². The van der Waals surface area contributed by atoms with Crippen molar-refractivity contribution in [3.63, 3.8) is 0 Å². The molecule has 2 aromatic rings. The topological polar surface area (TPSA) is 75.4 Å². The minimum Gasteiger partial charge on any atom is -0.423 e. The van der Waals surface area contributed by atoms with Crippen molar-refractivity contribution in [3.8, 4) is 0 Å². The number of nitrogens with zero attached hydrogens (tertiary/aromatic N) is 2. The first-order valence-electron chi connectivity index (χ1n) is 5.24. The Hall–Kier alpha value is -1.99. The zero-order chi connectivity index (χ0) is 13.1. The molecule has 1 aromatic carbocycles. The summed E-state index contributed by atoms with van der Waals surface area (Å²) in [5.74, 6) is -0.613. The van der Waals surface area contributed by atoms with Crippen molar-refractivity contribution in [3.05, 3.63) is 58.3 Å². The summed E-state index contributed by atoms with van der Waals surface area (Å²) in [6.45, 7) is -0.00664. The van der Waals surface area contributed by atoms with Gasteiger partial charge >= 0.3 is 7.12 Å². The Bertz CT molecular complexity index is 615. The summed E-state index contributed by atoms with van der Waals surface area (Å²) in [7, 11) is -1.72. The highest BCUT2D eigenvalue weighted by Crippen LogP contribution is 2.06. The van der Waals surface area contributed by atoms with E-state index in [0.29, 0.717) is 0 Å². The highest BCUT2D eigenvalue weighted by Gasteiger charge is 2.13. The fraction of sp³-hybridized carbons (Fsp3) is 0.0909. The van der Waals surface area contributed by atoms with Crippen LogP contribution < -0.4 is 11.0 Å². The van der Waals surface area contributed by atoms with E-state index in [-0.39, 0.29) is 23.1 Å². The zero-order valence-electron chi connectivity index (χ0n) is 9.32. The maximum Gasteiger partial charge on any atom is 0.488 e. The molecule has 2 rings (SSSR count). The Labute approximate surface area is 102 Å². The standard InChI is InChI=1S/C11H10BFN2O3/c13-10-6-9(12(17)18)4-3-8(10)7-15-11(16)2-1-5-14-15/h1-6,17-18H,7H2. The van der Waals surface area contributed by atoms with Crippen LogP contribution in [0.4, 0.5) is 4.39 Å². The van der Waals surface area contributed by atoms with E-state index in [1.165, 1.54) is 30.5 Å². The molecule has 2 N–H and O–H groups in total. The molecule has 18 heavy (non-hydrogen) atoms. The summed E-state index contributed by atoms with van der Waals surface area (Å²) in [6, 6.07) is 6.63. The number of halogens is 1. The Kier molecular flexibility index (Phi) is 3.54. The Morgan fingerprint density at radius 2 is 2.11 bits per heavy atom. The molecule has 92 valence electrons. The van der Waals surface area contributed by atoms with E-state index in [1.807, 2.05) is 0 Å². The summed E-state index contributed by atoms with van der Waals surface area (Å²) < 4.78 is 14.8. The van der Waals surface area contributed by atoms with E-state index < -0.39 is 12.9 Å². The van der Waals surface area contributed by atoms with Crippen molar-refractivity contribution in [2.75, 3.05) is 0 Å². The summed E-state index contributed by atoms with van der Waals surface area (Å²) in [6.07, 6.45) is 1.44. The third kappa shape index (κ3) is 2.64. The molecular formula is C11H10BFN2O3. The minimum absolute atomic E-state index is 0.00664. The van der Waals surface area contributed by atoms with Gasteiger partial charge in [0.2, 0.25) is 0 Å². The molecule has 0 aliphatic carbocycles. The van der Waals surface area contributed by atoms with Gasteiger partial charge in [0, 0.05) is 17.8 Å². The van der Waals surface area contributed by atoms with Gasteiger partial charge in [0.1, 0.15) is 5.82 Å². The van der Waals surface area contributed by atoms with Crippen LogP contribution in [0.1, 0.15) is 5.56 Å². The second-order valence-corrected chi connectivity index (χ2v) is 3.74. The van der Waals surface area contributed by atoms with Gasteiger partial charge < -0.3 is 10.0 Å². The minimum atomic E-state index is -1.72. The lowest BCUT2D eigenvalue weighted by atomic mass is 9.80. The van der Waals surface area contributed by atoms with E-state index >= 15 is 0 Å². The first kappa shape index (κ1) is 12.5. The SMILES string of the molecule is O=c1cccnn1Cc1ccc(B(O)O)cc1F. The number of aromatic nitrogens is 2. The normalized spacial score (nSPS) is 10.4. The van der Waals surface area contributed by atoms with Crippen molar-refractivity contribution < 1.29 is 14.4 Å². The monoisotopic (exact) mass is 248 g/mol. The molecule has 7 heteroatoms. The van der Waals surface area contributed by atoms with Crippen LogP contribution >= 0.6 is 0 Å². The lowest BCUT2D eigenvalue weighted by Crippen LogP contribution is -2.30. The van der Waals surface area contributed by atoms with Crippen molar-refractivity contribution >= 4 is 12.6 Å². The second-order valence-electron chi connectivity index (χ2n) is 3.74. The molecular weight excluding hydrogens is 238 g/mol. The van der Waals surface area contributed by atoms with E-state index in [2.05, 4.69) is 5.10 Å². The molecule has 0 aliphatic rings. The summed E-state index contributed by atoms with van der Waals surface area (Å²) in [4.78, 5) is 11.4. The van der Waals surface area contributed by atoms with E-state index in [1.54, 1.807) is 0 Å². The van der Waals surface area contributed by atoms with Gasteiger partial charge in [-0.25, -0.2) is 9.07 Å². The molecule has 1 aromatic heterocycles. The van der Waals surface area contributed by atoms with Crippen LogP contribution in [0.3, 0.4) is 0 Å². The number of benzene rings is 1. The Morgan fingerprint density at radius 1 is 1.33 bits per heavy atom. The first-order chi connectivity index (χ1) is 8.58. The third-order valence-electron chi connectivity index (χ3n) is 2.48. The van der Waals surface area contributed by atoms with Crippen LogP contribution in [-0.2, 0) is 6.54 Å². The van der Waals surface area contributed by atoms with Gasteiger partial charge in [0.25, 0.3) is 5.56 Å². The maximum absolute atomic E-state index is 13.7. The number of rotatable bonds is 3.